The van der Waals surface area contributed by atoms with Gasteiger partial charge in [-0.05, 0) is 53.1 Å². The number of nitrogens with zero attached hydrogens (tertiary/aromatic N) is 1. The Morgan fingerprint density at radius 3 is 1.86 bits per heavy atom. The van der Waals surface area contributed by atoms with Crippen molar-refractivity contribution in [2.45, 2.75) is 29.2 Å². The van der Waals surface area contributed by atoms with Crippen molar-refractivity contribution in [3.05, 3.63) is 132 Å². The number of methoxy groups -OCH3 is 2. The Morgan fingerprint density at radius 2 is 1.34 bits per heavy atom. The Balaban J connectivity index is 1.63. The van der Waals surface area contributed by atoms with Gasteiger partial charge in [-0.25, -0.2) is 8.42 Å². The van der Waals surface area contributed by atoms with Crippen LogP contribution in [0.2, 0.25) is 0 Å². The maximum atomic E-state index is 14.1. The molecule has 1 N–H and O–H groups in total. The quantitative estimate of drug-likeness (QED) is 0.137. The van der Waals surface area contributed by atoms with E-state index in [0.717, 1.165) is 21.0 Å². The van der Waals surface area contributed by atoms with E-state index in [9.17, 15) is 18.0 Å². The third-order valence-electron chi connectivity index (χ3n) is 7.00. The summed E-state index contributed by atoms with van der Waals surface area (Å²) < 4.78 is 39.4. The maximum Gasteiger partial charge on any atom is 0.324 e. The van der Waals surface area contributed by atoms with E-state index in [1.54, 1.807) is 11.8 Å². The van der Waals surface area contributed by atoms with Crippen LogP contribution in [0.25, 0.3) is 0 Å². The van der Waals surface area contributed by atoms with Crippen LogP contribution in [0.5, 0.6) is 5.75 Å². The Labute approximate surface area is 263 Å². The first kappa shape index (κ1) is 32.8. The van der Waals surface area contributed by atoms with Gasteiger partial charge in [0.15, 0.2) is 0 Å². The summed E-state index contributed by atoms with van der Waals surface area (Å²) in [4.78, 5) is 26.8. The van der Waals surface area contributed by atoms with Gasteiger partial charge in [0.05, 0.1) is 31.7 Å². The first-order chi connectivity index (χ1) is 21.3. The topological polar surface area (TPSA) is 102 Å². The van der Waals surface area contributed by atoms with E-state index in [0.29, 0.717) is 17.3 Å². The van der Waals surface area contributed by atoms with Gasteiger partial charge in [0.1, 0.15) is 11.8 Å². The molecule has 0 aliphatic carbocycles. The van der Waals surface area contributed by atoms with Crippen molar-refractivity contribution in [2.24, 2.45) is 0 Å². The van der Waals surface area contributed by atoms with E-state index in [2.05, 4.69) is 5.32 Å². The minimum absolute atomic E-state index is 0.0698. The summed E-state index contributed by atoms with van der Waals surface area (Å²) >= 11 is 1.57. The molecule has 1 amide bonds. The summed E-state index contributed by atoms with van der Waals surface area (Å²) in [5.74, 6) is 0.324. The molecule has 10 heteroatoms. The van der Waals surface area contributed by atoms with Crippen LogP contribution in [0.1, 0.15) is 29.2 Å². The van der Waals surface area contributed by atoms with Gasteiger partial charge in [-0.2, -0.15) is 16.1 Å². The number of benzene rings is 4. The van der Waals surface area contributed by atoms with Gasteiger partial charge in [-0.3, -0.25) is 9.59 Å². The summed E-state index contributed by atoms with van der Waals surface area (Å²) in [6.07, 6.45) is 0.146. The van der Waals surface area contributed by atoms with Crippen molar-refractivity contribution in [3.63, 3.8) is 0 Å². The molecule has 0 spiro atoms. The monoisotopic (exact) mass is 632 g/mol. The normalized spacial score (nSPS) is 12.1. The number of carbonyl (C=O) groups is 2. The number of sulfonamides is 1. The summed E-state index contributed by atoms with van der Waals surface area (Å²) in [5.41, 5.74) is 2.78. The van der Waals surface area contributed by atoms with Crippen molar-refractivity contribution in [1.82, 2.24) is 9.62 Å². The molecule has 0 heterocycles. The smallest absolute Gasteiger partial charge is 0.324 e. The predicted octanol–water partition coefficient (Wildman–Crippen LogP) is 5.46. The first-order valence-electron chi connectivity index (χ1n) is 14.1. The molecule has 8 nitrogen and oxygen atoms in total. The molecule has 4 aromatic carbocycles. The van der Waals surface area contributed by atoms with Crippen LogP contribution < -0.4 is 10.1 Å². The van der Waals surface area contributed by atoms with E-state index < -0.39 is 40.5 Å². The molecule has 4 rings (SSSR count). The largest absolute Gasteiger partial charge is 0.497 e. The number of esters is 1. The highest BCUT2D eigenvalue weighted by Gasteiger charge is 2.38. The van der Waals surface area contributed by atoms with Crippen LogP contribution in [0.3, 0.4) is 0 Å². The van der Waals surface area contributed by atoms with Crippen molar-refractivity contribution in [3.8, 4) is 5.75 Å². The lowest BCUT2D eigenvalue weighted by Crippen LogP contribution is -2.50. The second-order valence-corrected chi connectivity index (χ2v) is 12.9. The average molecular weight is 633 g/mol. The van der Waals surface area contributed by atoms with E-state index in [1.807, 2.05) is 91.0 Å². The lowest BCUT2D eigenvalue weighted by atomic mass is 9.99. The van der Waals surface area contributed by atoms with Crippen LogP contribution in [0.15, 0.2) is 120 Å². The zero-order valence-electron chi connectivity index (χ0n) is 24.7. The Kier molecular flexibility index (Phi) is 12.0. The minimum Gasteiger partial charge on any atom is -0.497 e. The molecule has 0 aromatic heterocycles. The van der Waals surface area contributed by atoms with Gasteiger partial charge in [0.2, 0.25) is 15.9 Å². The van der Waals surface area contributed by atoms with E-state index in [4.69, 9.17) is 9.47 Å². The number of nitrogens with one attached hydrogen (secondary N) is 1. The lowest BCUT2D eigenvalue weighted by Gasteiger charge is -2.29. The fourth-order valence-corrected chi connectivity index (χ4v) is 7.25. The molecular formula is C34H36N2O6S2. The number of rotatable bonds is 15. The van der Waals surface area contributed by atoms with Gasteiger partial charge in [-0.1, -0.05) is 91.0 Å². The van der Waals surface area contributed by atoms with Gasteiger partial charge >= 0.3 is 5.97 Å². The maximum absolute atomic E-state index is 14.1. The van der Waals surface area contributed by atoms with E-state index >= 15 is 0 Å². The van der Waals surface area contributed by atoms with Crippen molar-refractivity contribution < 1.29 is 27.5 Å². The summed E-state index contributed by atoms with van der Waals surface area (Å²) in [6.45, 7) is -0.590. The van der Waals surface area contributed by atoms with Crippen LogP contribution in [-0.4, -0.2) is 57.2 Å². The standard InChI is InChI=1S/C34H36N2O6S2/c1-41-29-18-20-30(21-19-29)44(39,40)36(31(34(38)42-2)22-23-43-25-26-12-6-3-7-13-26)24-32(37)35-33(27-14-8-4-9-15-27)28-16-10-5-11-17-28/h3-21,31,33H,22-25H2,1-2H3,(H,35,37). The highest BCUT2D eigenvalue weighted by Crippen LogP contribution is 2.26. The number of thioether (sulfide) groups is 1. The molecule has 0 saturated carbocycles. The molecule has 1 unspecified atom stereocenters. The SMILES string of the molecule is COC(=O)C(CCSCc1ccccc1)N(CC(=O)NC(c1ccccc1)c1ccccc1)S(=O)(=O)c1ccc(OC)cc1. The van der Waals surface area contributed by atoms with Crippen LogP contribution >= 0.6 is 11.8 Å². The summed E-state index contributed by atoms with van der Waals surface area (Å²) in [5, 5.41) is 3.00. The van der Waals surface area contributed by atoms with E-state index in [1.165, 1.54) is 38.5 Å². The summed E-state index contributed by atoms with van der Waals surface area (Å²) in [6, 6.07) is 32.8. The lowest BCUT2D eigenvalue weighted by molar-refractivity contribution is -0.145. The number of amides is 1. The fourth-order valence-electron chi connectivity index (χ4n) is 4.72. The van der Waals surface area contributed by atoms with Crippen LogP contribution in [0.4, 0.5) is 0 Å². The molecule has 4 aromatic rings. The molecule has 230 valence electrons. The number of ether oxygens (including phenoxy) is 2. The van der Waals surface area contributed by atoms with Crippen LogP contribution in [0, 0.1) is 0 Å². The predicted molar refractivity (Wildman–Crippen MR) is 173 cm³/mol. The number of hydrogen-bond donors (Lipinski definition) is 1. The van der Waals surface area contributed by atoms with Crippen molar-refractivity contribution >= 4 is 33.7 Å². The first-order valence-corrected chi connectivity index (χ1v) is 16.7. The highest BCUT2D eigenvalue weighted by atomic mass is 32.2. The third kappa shape index (κ3) is 8.72. The molecular weight excluding hydrogens is 597 g/mol. The number of hydrogen-bond acceptors (Lipinski definition) is 7. The molecule has 0 saturated heterocycles. The Bertz CT molecular complexity index is 1550. The zero-order chi connectivity index (χ0) is 31.4. The highest BCUT2D eigenvalue weighted by molar-refractivity contribution is 7.98. The second-order valence-electron chi connectivity index (χ2n) is 9.91. The fraction of sp³-hybridized carbons (Fsp3) is 0.235. The minimum atomic E-state index is -4.32. The van der Waals surface area contributed by atoms with Crippen LogP contribution in [-0.2, 0) is 30.1 Å². The van der Waals surface area contributed by atoms with Gasteiger partial charge in [-0.15, -0.1) is 0 Å². The third-order valence-corrected chi connectivity index (χ3v) is 9.94. The van der Waals surface area contributed by atoms with Gasteiger partial charge in [0, 0.05) is 5.75 Å². The molecule has 0 aliphatic heterocycles. The molecule has 0 fully saturated rings. The van der Waals surface area contributed by atoms with Gasteiger partial charge in [0.25, 0.3) is 0 Å². The molecule has 0 radical (unpaired) electrons. The molecule has 0 bridgehead atoms. The molecule has 44 heavy (non-hydrogen) atoms. The summed E-state index contributed by atoms with van der Waals surface area (Å²) in [7, 11) is -1.63. The Morgan fingerprint density at radius 1 is 0.795 bits per heavy atom. The average Bonchev–Trinajstić information content (AvgIpc) is 3.07. The molecule has 1 atom stereocenters. The second kappa shape index (κ2) is 16.1. The Hall–Kier alpha value is -4.12. The van der Waals surface area contributed by atoms with Crippen molar-refractivity contribution in [2.75, 3.05) is 26.5 Å². The number of carbonyl (C=O) groups excluding carboxylic acids is 2. The van der Waals surface area contributed by atoms with E-state index in [-0.39, 0.29) is 11.3 Å². The van der Waals surface area contributed by atoms with Gasteiger partial charge < -0.3 is 14.8 Å². The molecule has 0 aliphatic rings. The zero-order valence-corrected chi connectivity index (χ0v) is 26.3. The van der Waals surface area contributed by atoms with Crippen molar-refractivity contribution in [1.29, 1.82) is 0 Å².